The number of hydrogen-bond donors (Lipinski definition) is 1. The van der Waals surface area contributed by atoms with E-state index in [0.29, 0.717) is 28.6 Å². The summed E-state index contributed by atoms with van der Waals surface area (Å²) >= 11 is 0. The molecule has 0 saturated carbocycles. The molecule has 4 aromatic carbocycles. The quantitative estimate of drug-likeness (QED) is 0.0343. The van der Waals surface area contributed by atoms with Gasteiger partial charge in [-0.1, -0.05) is 19.8 Å². The molecule has 0 spiro atoms. The van der Waals surface area contributed by atoms with Crippen molar-refractivity contribution in [3.63, 3.8) is 0 Å². The molecule has 0 aliphatic heterocycles. The molecule has 4 aromatic rings. The Bertz CT molecular complexity index is 1810. The summed E-state index contributed by atoms with van der Waals surface area (Å²) < 4.78 is 35.7. The van der Waals surface area contributed by atoms with Crippen molar-refractivity contribution in [3.05, 3.63) is 111 Å². The van der Waals surface area contributed by atoms with Crippen LogP contribution in [0.1, 0.15) is 46.9 Å². The van der Waals surface area contributed by atoms with Crippen molar-refractivity contribution in [1.82, 2.24) is 0 Å². The van der Waals surface area contributed by atoms with E-state index in [1.54, 1.807) is 12.1 Å². The van der Waals surface area contributed by atoms with Gasteiger partial charge in [-0.2, -0.15) is 4.39 Å². The van der Waals surface area contributed by atoms with Crippen LogP contribution in [0.4, 0.5) is 27.1 Å². The number of hydrazine groups is 1. The van der Waals surface area contributed by atoms with Crippen LogP contribution in [0.25, 0.3) is 0 Å². The number of unbranched alkanes of at least 4 members (excludes halogenated alkanes) is 2. The molecule has 1 N–H and O–H groups in total. The zero-order chi connectivity index (χ0) is 34.8. The molecule has 48 heavy (non-hydrogen) atoms. The van der Waals surface area contributed by atoms with Gasteiger partial charge in [0.25, 0.3) is 0 Å². The number of esters is 2. The molecule has 0 aliphatic rings. The summed E-state index contributed by atoms with van der Waals surface area (Å²) in [5, 5.41) is 10.8. The first-order chi connectivity index (χ1) is 23.0. The van der Waals surface area contributed by atoms with Crippen molar-refractivity contribution in [1.29, 1.82) is 0 Å². The second-order valence-electron chi connectivity index (χ2n) is 10.6. The first-order valence-electron chi connectivity index (χ1n) is 14.8. The van der Waals surface area contributed by atoms with Crippen LogP contribution >= 0.6 is 0 Å². The number of ether oxygens (including phenoxy) is 4. The monoisotopic (exact) mass is 661 g/mol. The molecular formula is C34H34FN4O9+. The molecule has 250 valence electrons. The molecule has 14 heteroatoms. The summed E-state index contributed by atoms with van der Waals surface area (Å²) in [4.78, 5) is 51.1. The molecule has 0 aliphatic carbocycles. The summed E-state index contributed by atoms with van der Waals surface area (Å²) in [5.41, 5.74) is 3.67. The van der Waals surface area contributed by atoms with Gasteiger partial charge in [-0.15, -0.1) is 5.43 Å². The van der Waals surface area contributed by atoms with Gasteiger partial charge in [0.2, 0.25) is 11.6 Å². The molecule has 0 unspecified atom stereocenters. The molecule has 0 saturated heterocycles. The molecular weight excluding hydrogens is 627 g/mol. The van der Waals surface area contributed by atoms with Gasteiger partial charge < -0.3 is 23.8 Å². The zero-order valence-electron chi connectivity index (χ0n) is 26.7. The van der Waals surface area contributed by atoms with Crippen molar-refractivity contribution >= 4 is 34.7 Å². The van der Waals surface area contributed by atoms with Crippen LogP contribution in [-0.2, 0) is 0 Å². The number of halogens is 1. The average Bonchev–Trinajstić information content (AvgIpc) is 3.06. The molecule has 4 rings (SSSR count). The fraction of sp³-hybridized carbons (Fsp3) is 0.235. The fourth-order valence-corrected chi connectivity index (χ4v) is 4.39. The molecule has 0 bridgehead atoms. The Kier molecular flexibility index (Phi) is 11.6. The number of nitrogens with one attached hydrogen (secondary N) is 1. The van der Waals surface area contributed by atoms with Gasteiger partial charge in [0.15, 0.2) is 4.87 Å². The second kappa shape index (κ2) is 16.0. The number of nitroso groups, excluding NO2 is 1. The SMILES string of the molecule is CCCCCOc1cc(N(C)C)ccc1[N+](=O)Nc1ccc(C(=O)Oc2ccc(C(=O)Oc3ccc([N+](=O)[O-])c(F)c3)c(OC)c2)cc1. The number of anilines is 2. The lowest BCUT2D eigenvalue weighted by Gasteiger charge is -2.14. The summed E-state index contributed by atoms with van der Waals surface area (Å²) in [6.45, 7) is 2.57. The van der Waals surface area contributed by atoms with Crippen LogP contribution in [0, 0.1) is 20.8 Å². The van der Waals surface area contributed by atoms with Gasteiger partial charge >= 0.3 is 23.3 Å². The minimum Gasteiger partial charge on any atom is -0.496 e. The Morgan fingerprint density at radius 3 is 2.15 bits per heavy atom. The van der Waals surface area contributed by atoms with E-state index in [0.717, 1.165) is 43.1 Å². The molecule has 0 aromatic heterocycles. The van der Waals surface area contributed by atoms with E-state index in [-0.39, 0.29) is 28.4 Å². The number of benzene rings is 4. The Balaban J connectivity index is 1.40. The molecule has 0 amide bonds. The smallest absolute Gasteiger partial charge is 0.347 e. The Labute approximate surface area is 275 Å². The average molecular weight is 662 g/mol. The summed E-state index contributed by atoms with van der Waals surface area (Å²) in [5.74, 6) is -2.59. The Hall–Kier alpha value is -6.05. The number of carbonyl (C=O) groups is 2. The first kappa shape index (κ1) is 34.8. The summed E-state index contributed by atoms with van der Waals surface area (Å²) in [6.07, 6.45) is 2.92. The standard InChI is InChI=1S/C34H33FN4O9/c1-5-6-7-18-46-32-19-24(37(2)3)12-16-30(32)38(42)36-23-10-8-22(9-11-23)33(40)47-26-13-15-27(31(21-26)45-4)34(41)48-25-14-17-29(39(43)44)28(35)20-25/h8-17,19-21H,5-7,18H2,1-4H3/p+1. The van der Waals surface area contributed by atoms with Crippen LogP contribution in [0.2, 0.25) is 0 Å². The van der Waals surface area contributed by atoms with E-state index in [9.17, 15) is 29.0 Å². The first-order valence-corrected chi connectivity index (χ1v) is 14.8. The summed E-state index contributed by atoms with van der Waals surface area (Å²) in [6, 6.07) is 17.9. The minimum absolute atomic E-state index is 0.00454. The third-order valence-electron chi connectivity index (χ3n) is 6.97. The lowest BCUT2D eigenvalue weighted by Crippen LogP contribution is -2.14. The van der Waals surface area contributed by atoms with Gasteiger partial charge in [-0.25, -0.2) is 9.59 Å². The molecule has 0 atom stereocenters. The second-order valence-corrected chi connectivity index (χ2v) is 10.6. The zero-order valence-corrected chi connectivity index (χ0v) is 26.7. The highest BCUT2D eigenvalue weighted by molar-refractivity contribution is 5.95. The van der Waals surface area contributed by atoms with Crippen molar-refractivity contribution in [2.75, 3.05) is 38.1 Å². The van der Waals surface area contributed by atoms with Crippen LogP contribution in [0.15, 0.2) is 78.9 Å². The lowest BCUT2D eigenvalue weighted by molar-refractivity contribution is -0.428. The highest BCUT2D eigenvalue weighted by atomic mass is 19.1. The van der Waals surface area contributed by atoms with Gasteiger partial charge in [0.1, 0.15) is 28.5 Å². The maximum Gasteiger partial charge on any atom is 0.347 e. The topological polar surface area (TPSA) is 150 Å². The van der Waals surface area contributed by atoms with Crippen molar-refractivity contribution in [2.24, 2.45) is 0 Å². The highest BCUT2D eigenvalue weighted by Crippen LogP contribution is 2.32. The molecule has 0 radical (unpaired) electrons. The van der Waals surface area contributed by atoms with Crippen molar-refractivity contribution in [3.8, 4) is 23.0 Å². The fourth-order valence-electron chi connectivity index (χ4n) is 4.39. The number of methoxy groups -OCH3 is 1. The number of hydrogen-bond acceptors (Lipinski definition) is 10. The van der Waals surface area contributed by atoms with Gasteiger partial charge in [-0.05, 0) is 55.0 Å². The van der Waals surface area contributed by atoms with E-state index < -0.39 is 28.4 Å². The third-order valence-corrected chi connectivity index (χ3v) is 6.97. The van der Waals surface area contributed by atoms with Crippen LogP contribution in [0.3, 0.4) is 0 Å². The predicted octanol–water partition coefficient (Wildman–Crippen LogP) is 7.25. The van der Waals surface area contributed by atoms with Crippen molar-refractivity contribution < 1.29 is 42.7 Å². The van der Waals surface area contributed by atoms with E-state index in [1.807, 2.05) is 25.1 Å². The lowest BCUT2D eigenvalue weighted by atomic mass is 10.2. The van der Waals surface area contributed by atoms with Gasteiger partial charge in [0.05, 0.1) is 29.1 Å². The molecule has 0 heterocycles. The summed E-state index contributed by atoms with van der Waals surface area (Å²) in [7, 11) is 5.08. The maximum atomic E-state index is 13.9. The number of nitro groups is 1. The Morgan fingerprint density at radius 2 is 1.50 bits per heavy atom. The number of nitro benzene ring substituents is 1. The Morgan fingerprint density at radius 1 is 0.833 bits per heavy atom. The van der Waals surface area contributed by atoms with Gasteiger partial charge in [-0.3, -0.25) is 10.1 Å². The van der Waals surface area contributed by atoms with Crippen molar-refractivity contribution in [2.45, 2.75) is 26.2 Å². The van der Waals surface area contributed by atoms with Crippen LogP contribution in [-0.4, -0.2) is 49.5 Å². The number of rotatable bonds is 15. The van der Waals surface area contributed by atoms with E-state index in [1.165, 1.54) is 49.6 Å². The number of nitrogens with zero attached hydrogens (tertiary/aromatic N) is 3. The largest absolute Gasteiger partial charge is 0.496 e. The maximum absolute atomic E-state index is 13.9. The van der Waals surface area contributed by atoms with E-state index in [2.05, 4.69) is 12.3 Å². The number of carbonyl (C=O) groups excluding carboxylic acids is 2. The van der Waals surface area contributed by atoms with Crippen LogP contribution < -0.4 is 29.3 Å². The normalized spacial score (nSPS) is 10.5. The highest BCUT2D eigenvalue weighted by Gasteiger charge is 2.24. The third kappa shape index (κ3) is 8.81. The predicted molar refractivity (Wildman–Crippen MR) is 175 cm³/mol. The van der Waals surface area contributed by atoms with E-state index >= 15 is 0 Å². The minimum atomic E-state index is -1.17. The van der Waals surface area contributed by atoms with Gasteiger partial charge in [0, 0.05) is 50.1 Å². The van der Waals surface area contributed by atoms with E-state index in [4.69, 9.17) is 18.9 Å². The van der Waals surface area contributed by atoms with Crippen LogP contribution in [0.5, 0.6) is 23.0 Å². The molecule has 0 fully saturated rings. The molecule has 13 nitrogen and oxygen atoms in total.